The van der Waals surface area contributed by atoms with E-state index in [1.807, 2.05) is 36.4 Å². The van der Waals surface area contributed by atoms with Crippen LogP contribution in [0.1, 0.15) is 5.76 Å². The molecule has 0 spiro atoms. The molecule has 0 amide bonds. The zero-order valence-electron chi connectivity index (χ0n) is 13.0. The number of nitrogens with one attached hydrogen (secondary N) is 1. The second-order valence-electron chi connectivity index (χ2n) is 4.66. The predicted molar refractivity (Wildman–Crippen MR) is 91.7 cm³/mol. The lowest BCUT2D eigenvalue weighted by molar-refractivity contribution is 0.415. The molecule has 120 valence electrons. The van der Waals surface area contributed by atoms with Gasteiger partial charge in [0.25, 0.3) is 5.95 Å². The van der Waals surface area contributed by atoms with E-state index < -0.39 is 0 Å². The molecule has 0 saturated carbocycles. The normalized spacial score (nSPS) is 11.2. The van der Waals surface area contributed by atoms with Gasteiger partial charge in [-0.1, -0.05) is 0 Å². The Morgan fingerprint density at radius 2 is 2.08 bits per heavy atom. The first-order valence-corrected chi connectivity index (χ1v) is 7.18. The summed E-state index contributed by atoms with van der Waals surface area (Å²) in [6.45, 7) is 0. The molecule has 0 unspecified atom stereocenters. The second-order valence-corrected chi connectivity index (χ2v) is 4.66. The van der Waals surface area contributed by atoms with Crippen LogP contribution in [-0.4, -0.2) is 28.5 Å². The van der Waals surface area contributed by atoms with Gasteiger partial charge in [-0.15, -0.1) is 5.10 Å². The van der Waals surface area contributed by atoms with E-state index >= 15 is 0 Å². The number of rotatable bonds is 6. The first-order chi connectivity index (χ1) is 11.8. The fourth-order valence-electron chi connectivity index (χ4n) is 1.91. The second kappa shape index (κ2) is 7.68. The Hall–Kier alpha value is -3.48. The van der Waals surface area contributed by atoms with Crippen molar-refractivity contribution in [3.63, 3.8) is 0 Å². The Labute approximate surface area is 138 Å². The van der Waals surface area contributed by atoms with E-state index in [2.05, 4.69) is 25.7 Å². The number of allylic oxidation sites excluding steroid dienone is 1. The number of benzene rings is 1. The molecule has 0 fully saturated rings. The fourth-order valence-corrected chi connectivity index (χ4v) is 1.91. The molecule has 2 heterocycles. The summed E-state index contributed by atoms with van der Waals surface area (Å²) in [4.78, 5) is 4.36. The van der Waals surface area contributed by atoms with E-state index in [-0.39, 0.29) is 0 Å². The van der Waals surface area contributed by atoms with Crippen LogP contribution in [0.4, 0.5) is 5.95 Å². The van der Waals surface area contributed by atoms with Gasteiger partial charge in [0.1, 0.15) is 11.5 Å². The largest absolute Gasteiger partial charge is 0.497 e. The lowest BCUT2D eigenvalue weighted by atomic mass is 10.1. The minimum absolute atomic E-state index is 0.311. The highest BCUT2D eigenvalue weighted by molar-refractivity contribution is 5.77. The number of hydrazone groups is 1. The third kappa shape index (κ3) is 4.04. The fraction of sp³-hybridized carbons (Fsp3) is 0.0588. The molecule has 0 atom stereocenters. The molecule has 0 bridgehead atoms. The molecule has 7 nitrogen and oxygen atoms in total. The average molecular weight is 321 g/mol. The summed E-state index contributed by atoms with van der Waals surface area (Å²) < 4.78 is 10.3. The van der Waals surface area contributed by atoms with Gasteiger partial charge in [-0.05, 0) is 48.6 Å². The van der Waals surface area contributed by atoms with Crippen LogP contribution in [0.2, 0.25) is 0 Å². The molecule has 2 aromatic heterocycles. The molecule has 1 aromatic carbocycles. The quantitative estimate of drug-likeness (QED) is 0.554. The number of nitrogens with zero attached hydrogens (tertiary/aromatic N) is 4. The van der Waals surface area contributed by atoms with Crippen molar-refractivity contribution in [2.75, 3.05) is 12.5 Å². The minimum atomic E-state index is 0.311. The first-order valence-electron chi connectivity index (χ1n) is 7.18. The van der Waals surface area contributed by atoms with Crippen molar-refractivity contribution in [2.24, 2.45) is 5.10 Å². The zero-order chi connectivity index (χ0) is 16.6. The maximum atomic E-state index is 5.17. The van der Waals surface area contributed by atoms with Crippen molar-refractivity contribution >= 4 is 18.2 Å². The van der Waals surface area contributed by atoms with Crippen molar-refractivity contribution < 1.29 is 9.15 Å². The van der Waals surface area contributed by atoms with E-state index in [9.17, 15) is 0 Å². The standard InChI is InChI=1S/C17H15N5O2/c1-23-14-8-6-13(7-9-14)16-12-19-22-17(20-16)21-18-10-2-4-15-5-3-11-24-15/h2-12H,1H3,(H,20,21,22)/b4-2+,18-10-. The molecule has 1 N–H and O–H groups in total. The van der Waals surface area contributed by atoms with E-state index in [1.54, 1.807) is 37.9 Å². The van der Waals surface area contributed by atoms with Gasteiger partial charge in [-0.25, -0.2) is 10.4 Å². The summed E-state index contributed by atoms with van der Waals surface area (Å²) in [6, 6.07) is 11.2. The number of hydrogen-bond donors (Lipinski definition) is 1. The number of furan rings is 1. The van der Waals surface area contributed by atoms with Crippen LogP contribution < -0.4 is 10.2 Å². The van der Waals surface area contributed by atoms with Crippen LogP contribution in [0.5, 0.6) is 5.75 Å². The van der Waals surface area contributed by atoms with Crippen molar-refractivity contribution in [1.29, 1.82) is 0 Å². The van der Waals surface area contributed by atoms with Crippen molar-refractivity contribution in [2.45, 2.75) is 0 Å². The summed E-state index contributed by atoms with van der Waals surface area (Å²) in [5.74, 6) is 1.85. The smallest absolute Gasteiger partial charge is 0.263 e. The van der Waals surface area contributed by atoms with Crippen LogP contribution >= 0.6 is 0 Å². The van der Waals surface area contributed by atoms with Crippen LogP contribution in [0, 0.1) is 0 Å². The van der Waals surface area contributed by atoms with Crippen LogP contribution in [-0.2, 0) is 0 Å². The average Bonchev–Trinajstić information content (AvgIpc) is 3.15. The summed E-state index contributed by atoms with van der Waals surface area (Å²) in [5, 5.41) is 11.8. The first kappa shape index (κ1) is 15.4. The van der Waals surface area contributed by atoms with Gasteiger partial charge in [0.15, 0.2) is 0 Å². The van der Waals surface area contributed by atoms with Gasteiger partial charge in [0.2, 0.25) is 0 Å². The maximum absolute atomic E-state index is 5.17. The molecule has 0 radical (unpaired) electrons. The maximum Gasteiger partial charge on any atom is 0.263 e. The molecular weight excluding hydrogens is 306 g/mol. The summed E-state index contributed by atoms with van der Waals surface area (Å²) in [6.07, 6.45) is 8.31. The van der Waals surface area contributed by atoms with E-state index in [4.69, 9.17) is 9.15 Å². The number of aromatic nitrogens is 3. The van der Waals surface area contributed by atoms with Crippen LogP contribution in [0.25, 0.3) is 17.3 Å². The van der Waals surface area contributed by atoms with E-state index in [0.717, 1.165) is 17.1 Å². The van der Waals surface area contributed by atoms with Gasteiger partial charge in [-0.3, -0.25) is 0 Å². The highest BCUT2D eigenvalue weighted by Gasteiger charge is 2.03. The van der Waals surface area contributed by atoms with Crippen molar-refractivity contribution in [1.82, 2.24) is 15.2 Å². The molecule has 24 heavy (non-hydrogen) atoms. The van der Waals surface area contributed by atoms with E-state index in [0.29, 0.717) is 11.6 Å². The molecule has 7 heteroatoms. The third-order valence-corrected chi connectivity index (χ3v) is 3.07. The topological polar surface area (TPSA) is 85.4 Å². The number of anilines is 1. The molecule has 0 saturated heterocycles. The molecule has 3 rings (SSSR count). The van der Waals surface area contributed by atoms with Gasteiger partial charge in [0, 0.05) is 11.8 Å². The minimum Gasteiger partial charge on any atom is -0.497 e. The van der Waals surface area contributed by atoms with E-state index in [1.165, 1.54) is 0 Å². The summed E-state index contributed by atoms with van der Waals surface area (Å²) >= 11 is 0. The van der Waals surface area contributed by atoms with Crippen molar-refractivity contribution in [3.8, 4) is 17.0 Å². The summed E-state index contributed by atoms with van der Waals surface area (Å²) in [5.41, 5.74) is 4.34. The Morgan fingerprint density at radius 1 is 1.21 bits per heavy atom. The SMILES string of the molecule is COc1ccc(-c2cnnc(N/N=C\C=C\c3ccco3)n2)cc1. The monoisotopic (exact) mass is 321 g/mol. The molecule has 0 aliphatic rings. The lowest BCUT2D eigenvalue weighted by Crippen LogP contribution is -1.99. The Bertz CT molecular complexity index is 826. The highest BCUT2D eigenvalue weighted by Crippen LogP contribution is 2.20. The van der Waals surface area contributed by atoms with Gasteiger partial charge in [-0.2, -0.15) is 10.2 Å². The molecular formula is C17H15N5O2. The number of hydrogen-bond acceptors (Lipinski definition) is 7. The highest BCUT2D eigenvalue weighted by atomic mass is 16.5. The van der Waals surface area contributed by atoms with Gasteiger partial charge >= 0.3 is 0 Å². The molecule has 3 aromatic rings. The summed E-state index contributed by atoms with van der Waals surface area (Å²) in [7, 11) is 1.63. The predicted octanol–water partition coefficient (Wildman–Crippen LogP) is 3.25. The Balaban J connectivity index is 1.64. The molecule has 0 aliphatic heterocycles. The number of methoxy groups -OCH3 is 1. The van der Waals surface area contributed by atoms with Crippen molar-refractivity contribution in [3.05, 3.63) is 60.7 Å². The molecule has 0 aliphatic carbocycles. The number of ether oxygens (including phenoxy) is 1. The third-order valence-electron chi connectivity index (χ3n) is 3.07. The Kier molecular flexibility index (Phi) is 4.94. The van der Waals surface area contributed by atoms with Crippen LogP contribution in [0.15, 0.2) is 64.5 Å². The Morgan fingerprint density at radius 3 is 2.83 bits per heavy atom. The lowest BCUT2D eigenvalue weighted by Gasteiger charge is -2.03. The zero-order valence-corrected chi connectivity index (χ0v) is 13.0. The van der Waals surface area contributed by atoms with Crippen LogP contribution in [0.3, 0.4) is 0 Å². The van der Waals surface area contributed by atoms with Gasteiger partial charge in [0.05, 0.1) is 25.3 Å². The van der Waals surface area contributed by atoms with Gasteiger partial charge < -0.3 is 9.15 Å².